The van der Waals surface area contributed by atoms with Gasteiger partial charge in [-0.1, -0.05) is 54.1 Å². The van der Waals surface area contributed by atoms with Crippen molar-refractivity contribution in [3.63, 3.8) is 0 Å². The second-order valence-corrected chi connectivity index (χ2v) is 5.31. The second kappa shape index (κ2) is 8.54. The van der Waals surface area contributed by atoms with Crippen LogP contribution in [0.4, 0.5) is 5.69 Å². The zero-order valence-corrected chi connectivity index (χ0v) is 13.4. The predicted molar refractivity (Wildman–Crippen MR) is 96.4 cm³/mol. The molecular formula is C19H21N3O. The van der Waals surface area contributed by atoms with E-state index in [1.165, 1.54) is 5.56 Å². The van der Waals surface area contributed by atoms with Crippen molar-refractivity contribution in [2.45, 2.75) is 13.8 Å². The molecule has 1 amide bonds. The third kappa shape index (κ3) is 6.18. The van der Waals surface area contributed by atoms with E-state index in [0.29, 0.717) is 0 Å². The van der Waals surface area contributed by atoms with Crippen LogP contribution < -0.4 is 10.7 Å². The molecule has 0 saturated carbocycles. The molecule has 0 aliphatic rings. The summed E-state index contributed by atoms with van der Waals surface area (Å²) in [6, 6.07) is 17.8. The van der Waals surface area contributed by atoms with Crippen LogP contribution in [0.25, 0.3) is 6.08 Å². The van der Waals surface area contributed by atoms with Crippen molar-refractivity contribution < 1.29 is 4.79 Å². The Hall–Kier alpha value is -2.88. The number of aryl methyl sites for hydroxylation is 1. The maximum absolute atomic E-state index is 11.7. The van der Waals surface area contributed by atoms with E-state index in [4.69, 9.17) is 0 Å². The minimum absolute atomic E-state index is 0.182. The lowest BCUT2D eigenvalue weighted by molar-refractivity contribution is -0.119. The highest BCUT2D eigenvalue weighted by molar-refractivity contribution is 5.87. The summed E-state index contributed by atoms with van der Waals surface area (Å²) < 4.78 is 0. The molecule has 0 bridgehead atoms. The van der Waals surface area contributed by atoms with Crippen LogP contribution in [0.5, 0.6) is 0 Å². The van der Waals surface area contributed by atoms with E-state index in [-0.39, 0.29) is 12.5 Å². The van der Waals surface area contributed by atoms with Gasteiger partial charge in [-0.05, 0) is 37.1 Å². The van der Waals surface area contributed by atoms with Crippen molar-refractivity contribution in [2.24, 2.45) is 5.10 Å². The van der Waals surface area contributed by atoms with Crippen LogP contribution >= 0.6 is 0 Å². The number of carbonyl (C=O) groups excluding carboxylic acids is 1. The Bertz CT molecular complexity index is 688. The van der Waals surface area contributed by atoms with Crippen molar-refractivity contribution in [2.75, 3.05) is 11.9 Å². The topological polar surface area (TPSA) is 53.5 Å². The Morgan fingerprint density at radius 1 is 1.09 bits per heavy atom. The Morgan fingerprint density at radius 3 is 2.48 bits per heavy atom. The lowest BCUT2D eigenvalue weighted by Crippen LogP contribution is -2.25. The zero-order chi connectivity index (χ0) is 16.5. The Morgan fingerprint density at radius 2 is 1.78 bits per heavy atom. The standard InChI is InChI=1S/C19H21N3O/c1-15-8-10-18(11-9-15)20-14-19(23)22-21-13-16(2)12-17-6-4-3-5-7-17/h3-13,20H,14H2,1-2H3,(H,22,23)/b16-12+,21-13?. The Balaban J connectivity index is 1.77. The molecule has 0 aliphatic carbocycles. The molecule has 2 aromatic rings. The lowest BCUT2D eigenvalue weighted by Gasteiger charge is -2.05. The maximum atomic E-state index is 11.7. The van der Waals surface area contributed by atoms with E-state index in [0.717, 1.165) is 16.8 Å². The van der Waals surface area contributed by atoms with Crippen LogP contribution in [-0.4, -0.2) is 18.7 Å². The van der Waals surface area contributed by atoms with Gasteiger partial charge in [-0.25, -0.2) is 5.43 Å². The van der Waals surface area contributed by atoms with Gasteiger partial charge < -0.3 is 5.32 Å². The first-order valence-corrected chi connectivity index (χ1v) is 7.49. The fraction of sp³-hybridized carbons (Fsp3) is 0.158. The molecule has 0 spiro atoms. The van der Waals surface area contributed by atoms with Crippen molar-refractivity contribution >= 4 is 23.9 Å². The average molecular weight is 307 g/mol. The predicted octanol–water partition coefficient (Wildman–Crippen LogP) is 3.61. The molecule has 4 heteroatoms. The summed E-state index contributed by atoms with van der Waals surface area (Å²) in [5, 5.41) is 7.01. The number of benzene rings is 2. The van der Waals surface area contributed by atoms with Crippen molar-refractivity contribution in [3.8, 4) is 0 Å². The molecule has 0 atom stereocenters. The van der Waals surface area contributed by atoms with Crippen LogP contribution in [0.1, 0.15) is 18.1 Å². The first-order valence-electron chi connectivity index (χ1n) is 7.49. The largest absolute Gasteiger partial charge is 0.376 e. The van der Waals surface area contributed by atoms with Gasteiger partial charge in [0.1, 0.15) is 0 Å². The van der Waals surface area contributed by atoms with Gasteiger partial charge in [0.15, 0.2) is 0 Å². The van der Waals surface area contributed by atoms with E-state index >= 15 is 0 Å². The number of anilines is 1. The molecule has 4 nitrogen and oxygen atoms in total. The molecule has 0 aromatic heterocycles. The number of hydrogen-bond donors (Lipinski definition) is 2. The smallest absolute Gasteiger partial charge is 0.259 e. The van der Waals surface area contributed by atoms with Gasteiger partial charge in [0.2, 0.25) is 0 Å². The Kier molecular flexibility index (Phi) is 6.12. The lowest BCUT2D eigenvalue weighted by atomic mass is 10.1. The van der Waals surface area contributed by atoms with Gasteiger partial charge in [-0.2, -0.15) is 5.10 Å². The number of nitrogens with zero attached hydrogens (tertiary/aromatic N) is 1. The number of hydrogen-bond acceptors (Lipinski definition) is 3. The second-order valence-electron chi connectivity index (χ2n) is 5.31. The third-order valence-corrected chi connectivity index (χ3v) is 3.16. The number of nitrogens with one attached hydrogen (secondary N) is 2. The number of allylic oxidation sites excluding steroid dienone is 1. The monoisotopic (exact) mass is 307 g/mol. The SMILES string of the molecule is C/C(C=NNC(=O)CNc1ccc(C)cc1)=C\c1ccccc1. The first kappa shape index (κ1) is 16.5. The van der Waals surface area contributed by atoms with E-state index < -0.39 is 0 Å². The van der Waals surface area contributed by atoms with Crippen LogP contribution in [0, 0.1) is 6.92 Å². The molecule has 2 rings (SSSR count). The maximum Gasteiger partial charge on any atom is 0.259 e. The first-order chi connectivity index (χ1) is 11.1. The zero-order valence-electron chi connectivity index (χ0n) is 13.4. The molecule has 0 heterocycles. The molecule has 2 aromatic carbocycles. The summed E-state index contributed by atoms with van der Waals surface area (Å²) in [6.45, 7) is 4.14. The highest BCUT2D eigenvalue weighted by Crippen LogP contribution is 2.07. The highest BCUT2D eigenvalue weighted by atomic mass is 16.2. The summed E-state index contributed by atoms with van der Waals surface area (Å²) in [5.41, 5.74) is 6.67. The van der Waals surface area contributed by atoms with Gasteiger partial charge in [-0.15, -0.1) is 0 Å². The summed E-state index contributed by atoms with van der Waals surface area (Å²) in [6.07, 6.45) is 3.64. The summed E-state index contributed by atoms with van der Waals surface area (Å²) in [7, 11) is 0. The summed E-state index contributed by atoms with van der Waals surface area (Å²) >= 11 is 0. The molecule has 23 heavy (non-hydrogen) atoms. The summed E-state index contributed by atoms with van der Waals surface area (Å²) in [5.74, 6) is -0.186. The van der Waals surface area contributed by atoms with Gasteiger partial charge in [0.25, 0.3) is 5.91 Å². The fourth-order valence-corrected chi connectivity index (χ4v) is 1.95. The van der Waals surface area contributed by atoms with E-state index in [1.54, 1.807) is 6.21 Å². The Labute approximate surface area is 136 Å². The number of hydrazone groups is 1. The average Bonchev–Trinajstić information content (AvgIpc) is 2.55. The molecule has 0 unspecified atom stereocenters. The van der Waals surface area contributed by atoms with Gasteiger partial charge in [-0.3, -0.25) is 4.79 Å². The van der Waals surface area contributed by atoms with Crippen LogP contribution in [0.2, 0.25) is 0 Å². The van der Waals surface area contributed by atoms with E-state index in [9.17, 15) is 4.79 Å². The van der Waals surface area contributed by atoms with Crippen LogP contribution in [-0.2, 0) is 4.79 Å². The molecule has 118 valence electrons. The molecule has 0 aliphatic heterocycles. The number of carbonyl (C=O) groups is 1. The third-order valence-electron chi connectivity index (χ3n) is 3.16. The highest BCUT2D eigenvalue weighted by Gasteiger charge is 1.99. The quantitative estimate of drug-likeness (QED) is 0.632. The molecule has 0 saturated heterocycles. The van der Waals surface area contributed by atoms with E-state index in [1.807, 2.05) is 74.5 Å². The molecule has 0 radical (unpaired) electrons. The normalized spacial score (nSPS) is 11.5. The fourth-order valence-electron chi connectivity index (χ4n) is 1.95. The van der Waals surface area contributed by atoms with E-state index in [2.05, 4.69) is 15.8 Å². The van der Waals surface area contributed by atoms with Crippen molar-refractivity contribution in [1.82, 2.24) is 5.43 Å². The molecular weight excluding hydrogens is 286 g/mol. The minimum atomic E-state index is -0.186. The molecule has 2 N–H and O–H groups in total. The number of amides is 1. The van der Waals surface area contributed by atoms with Crippen LogP contribution in [0.3, 0.4) is 0 Å². The van der Waals surface area contributed by atoms with Crippen molar-refractivity contribution in [3.05, 3.63) is 71.3 Å². The minimum Gasteiger partial charge on any atom is -0.376 e. The number of rotatable bonds is 6. The molecule has 0 fully saturated rings. The van der Waals surface area contributed by atoms with Crippen LogP contribution in [0.15, 0.2) is 65.3 Å². The summed E-state index contributed by atoms with van der Waals surface area (Å²) in [4.78, 5) is 11.7. The van der Waals surface area contributed by atoms with Gasteiger partial charge >= 0.3 is 0 Å². The van der Waals surface area contributed by atoms with Gasteiger partial charge in [0.05, 0.1) is 12.8 Å². The van der Waals surface area contributed by atoms with Crippen molar-refractivity contribution in [1.29, 1.82) is 0 Å². The van der Waals surface area contributed by atoms with Gasteiger partial charge in [0, 0.05) is 5.69 Å².